The van der Waals surface area contributed by atoms with Crippen molar-refractivity contribution < 1.29 is 13.2 Å². The van der Waals surface area contributed by atoms with Gasteiger partial charge in [0.15, 0.2) is 0 Å². The lowest BCUT2D eigenvalue weighted by Gasteiger charge is -2.11. The van der Waals surface area contributed by atoms with Crippen molar-refractivity contribution in [2.75, 3.05) is 5.32 Å². The lowest BCUT2D eigenvalue weighted by Crippen LogP contribution is -2.05. The van der Waals surface area contributed by atoms with E-state index in [-0.39, 0.29) is 0 Å². The molecule has 0 atom stereocenters. The number of aromatic nitrogens is 2. The second kappa shape index (κ2) is 4.64. The number of alkyl halides is 3. The van der Waals surface area contributed by atoms with Gasteiger partial charge in [0.1, 0.15) is 0 Å². The number of aryl methyl sites for hydroxylation is 1. The Bertz CT molecular complexity index is 563. The van der Waals surface area contributed by atoms with E-state index in [9.17, 15) is 13.2 Å². The molecule has 1 heterocycles. The van der Waals surface area contributed by atoms with E-state index in [0.29, 0.717) is 16.1 Å². The van der Waals surface area contributed by atoms with Crippen molar-refractivity contribution in [2.24, 2.45) is 0 Å². The first-order valence-corrected chi connectivity index (χ1v) is 5.81. The third kappa shape index (κ3) is 2.84. The predicted molar refractivity (Wildman–Crippen MR) is 65.8 cm³/mol. The average molecular weight is 320 g/mol. The highest BCUT2D eigenvalue weighted by Gasteiger charge is 2.30. The van der Waals surface area contributed by atoms with Crippen LogP contribution in [0.1, 0.15) is 11.3 Å². The van der Waals surface area contributed by atoms with Crippen LogP contribution in [0.15, 0.2) is 28.9 Å². The van der Waals surface area contributed by atoms with Gasteiger partial charge in [-0.2, -0.15) is 13.2 Å². The number of imidazole rings is 1. The maximum Gasteiger partial charge on any atom is 0.416 e. The number of halogens is 4. The fraction of sp³-hybridized carbons (Fsp3) is 0.182. The number of nitrogens with zero attached hydrogens (tertiary/aromatic N) is 1. The summed E-state index contributed by atoms with van der Waals surface area (Å²) in [6, 6.07) is 3.39. The van der Waals surface area contributed by atoms with E-state index in [0.717, 1.165) is 17.8 Å². The summed E-state index contributed by atoms with van der Waals surface area (Å²) < 4.78 is 38.3. The first-order valence-electron chi connectivity index (χ1n) is 5.01. The Morgan fingerprint density at radius 1 is 1.33 bits per heavy atom. The Labute approximate surface area is 110 Å². The predicted octanol–water partition coefficient (Wildman–Crippen LogP) is 4.24. The maximum atomic E-state index is 12.6. The summed E-state index contributed by atoms with van der Waals surface area (Å²) in [6.07, 6.45) is -2.78. The monoisotopic (exact) mass is 319 g/mol. The third-order valence-corrected chi connectivity index (χ3v) is 2.94. The molecule has 2 rings (SSSR count). The Morgan fingerprint density at radius 3 is 2.61 bits per heavy atom. The SMILES string of the molecule is Cc1cnc(Nc2cc(C(F)(F)F)ccc2Br)[nH]1. The highest BCUT2D eigenvalue weighted by atomic mass is 79.9. The van der Waals surface area contributed by atoms with Gasteiger partial charge in [0.25, 0.3) is 0 Å². The van der Waals surface area contributed by atoms with Crippen LogP contribution < -0.4 is 5.32 Å². The zero-order valence-corrected chi connectivity index (χ0v) is 10.9. The molecule has 0 bridgehead atoms. The molecule has 1 aromatic carbocycles. The molecule has 0 radical (unpaired) electrons. The van der Waals surface area contributed by atoms with Crippen LogP contribution in [0.25, 0.3) is 0 Å². The average Bonchev–Trinajstić information content (AvgIpc) is 2.66. The molecule has 3 nitrogen and oxygen atoms in total. The summed E-state index contributed by atoms with van der Waals surface area (Å²) in [5, 5.41) is 2.79. The van der Waals surface area contributed by atoms with E-state index in [2.05, 4.69) is 31.2 Å². The van der Waals surface area contributed by atoms with Crippen LogP contribution in [0.3, 0.4) is 0 Å². The second-order valence-corrected chi connectivity index (χ2v) is 4.59. The minimum atomic E-state index is -4.36. The molecule has 0 saturated heterocycles. The number of hydrogen-bond donors (Lipinski definition) is 2. The molecule has 0 aliphatic carbocycles. The summed E-state index contributed by atoms with van der Waals surface area (Å²) in [5.74, 6) is 0.396. The first kappa shape index (κ1) is 12.9. The molecule has 1 aromatic heterocycles. The lowest BCUT2D eigenvalue weighted by atomic mass is 10.2. The van der Waals surface area contributed by atoms with Crippen LogP contribution >= 0.6 is 15.9 Å². The minimum absolute atomic E-state index is 0.305. The molecule has 0 amide bonds. The normalized spacial score (nSPS) is 11.6. The summed E-state index contributed by atoms with van der Waals surface area (Å²) in [4.78, 5) is 6.86. The van der Waals surface area contributed by atoms with Crippen molar-refractivity contribution in [3.8, 4) is 0 Å². The zero-order valence-electron chi connectivity index (χ0n) is 9.27. The van der Waals surface area contributed by atoms with Gasteiger partial charge in [-0.25, -0.2) is 4.98 Å². The summed E-state index contributed by atoms with van der Waals surface area (Å²) in [7, 11) is 0. The van der Waals surface area contributed by atoms with Crippen LogP contribution in [-0.2, 0) is 6.18 Å². The van der Waals surface area contributed by atoms with E-state index in [1.165, 1.54) is 6.07 Å². The van der Waals surface area contributed by atoms with Crippen molar-refractivity contribution in [1.29, 1.82) is 0 Å². The van der Waals surface area contributed by atoms with Gasteiger partial charge in [0.2, 0.25) is 5.95 Å². The zero-order chi connectivity index (χ0) is 13.3. The van der Waals surface area contributed by atoms with Crippen LogP contribution in [0, 0.1) is 6.92 Å². The van der Waals surface area contributed by atoms with Gasteiger partial charge in [-0.05, 0) is 41.1 Å². The second-order valence-electron chi connectivity index (χ2n) is 3.73. The Hall–Kier alpha value is -1.50. The van der Waals surface area contributed by atoms with Gasteiger partial charge in [0.05, 0.1) is 11.3 Å². The number of rotatable bonds is 2. The highest BCUT2D eigenvalue weighted by Crippen LogP contribution is 2.34. The molecule has 0 aliphatic rings. The largest absolute Gasteiger partial charge is 0.416 e. The standard InChI is InChI=1S/C11H9BrF3N3/c1-6-5-16-10(17-6)18-9-4-7(11(13,14)15)2-3-8(9)12/h2-5H,1H3,(H2,16,17,18). The molecular weight excluding hydrogens is 311 g/mol. The van der Waals surface area contributed by atoms with E-state index < -0.39 is 11.7 Å². The van der Waals surface area contributed by atoms with Crippen molar-refractivity contribution >= 4 is 27.6 Å². The van der Waals surface area contributed by atoms with Crippen molar-refractivity contribution in [1.82, 2.24) is 9.97 Å². The number of anilines is 2. The molecular formula is C11H9BrF3N3. The fourth-order valence-electron chi connectivity index (χ4n) is 1.40. The van der Waals surface area contributed by atoms with E-state index in [1.54, 1.807) is 13.1 Å². The van der Waals surface area contributed by atoms with Gasteiger partial charge in [-0.15, -0.1) is 0 Å². The Morgan fingerprint density at radius 2 is 2.06 bits per heavy atom. The molecule has 7 heteroatoms. The van der Waals surface area contributed by atoms with Crippen LogP contribution in [0.4, 0.5) is 24.8 Å². The Balaban J connectivity index is 2.32. The summed E-state index contributed by atoms with van der Waals surface area (Å²) in [6.45, 7) is 1.80. The number of nitrogens with one attached hydrogen (secondary N) is 2. The minimum Gasteiger partial charge on any atom is -0.328 e. The third-order valence-electron chi connectivity index (χ3n) is 2.25. The Kier molecular flexibility index (Phi) is 3.34. The maximum absolute atomic E-state index is 12.6. The highest BCUT2D eigenvalue weighted by molar-refractivity contribution is 9.10. The lowest BCUT2D eigenvalue weighted by molar-refractivity contribution is -0.137. The molecule has 18 heavy (non-hydrogen) atoms. The van der Waals surface area contributed by atoms with Crippen molar-refractivity contribution in [3.05, 3.63) is 40.1 Å². The molecule has 0 aliphatic heterocycles. The van der Waals surface area contributed by atoms with Crippen molar-refractivity contribution in [2.45, 2.75) is 13.1 Å². The van der Waals surface area contributed by atoms with E-state index in [4.69, 9.17) is 0 Å². The number of aromatic amines is 1. The summed E-state index contributed by atoms with van der Waals surface area (Å²) >= 11 is 3.19. The quantitative estimate of drug-likeness (QED) is 0.869. The fourth-order valence-corrected chi connectivity index (χ4v) is 1.75. The molecule has 0 spiro atoms. The van der Waals surface area contributed by atoms with Gasteiger partial charge in [0, 0.05) is 16.4 Å². The van der Waals surface area contributed by atoms with E-state index in [1.807, 2.05) is 0 Å². The molecule has 0 saturated carbocycles. The topological polar surface area (TPSA) is 40.7 Å². The first-order chi connectivity index (χ1) is 8.36. The molecule has 2 N–H and O–H groups in total. The molecule has 96 valence electrons. The summed E-state index contributed by atoms with van der Waals surface area (Å²) in [5.41, 5.74) is 0.413. The van der Waals surface area contributed by atoms with Gasteiger partial charge in [-0.3, -0.25) is 0 Å². The number of benzene rings is 1. The van der Waals surface area contributed by atoms with Crippen LogP contribution in [0.2, 0.25) is 0 Å². The van der Waals surface area contributed by atoms with Gasteiger partial charge >= 0.3 is 6.18 Å². The molecule has 0 unspecified atom stereocenters. The van der Waals surface area contributed by atoms with Crippen LogP contribution in [0.5, 0.6) is 0 Å². The van der Waals surface area contributed by atoms with Gasteiger partial charge < -0.3 is 10.3 Å². The smallest absolute Gasteiger partial charge is 0.328 e. The molecule has 0 fully saturated rings. The van der Waals surface area contributed by atoms with Crippen LogP contribution in [-0.4, -0.2) is 9.97 Å². The molecule has 2 aromatic rings. The number of hydrogen-bond acceptors (Lipinski definition) is 2. The van der Waals surface area contributed by atoms with Gasteiger partial charge in [-0.1, -0.05) is 0 Å². The van der Waals surface area contributed by atoms with Crippen molar-refractivity contribution in [3.63, 3.8) is 0 Å². The van der Waals surface area contributed by atoms with E-state index >= 15 is 0 Å². The number of H-pyrrole nitrogens is 1.